The van der Waals surface area contributed by atoms with Crippen molar-refractivity contribution in [2.45, 2.75) is 26.4 Å². The van der Waals surface area contributed by atoms with E-state index in [1.54, 1.807) is 20.8 Å². The van der Waals surface area contributed by atoms with Gasteiger partial charge in [-0.3, -0.25) is 4.90 Å². The zero-order valence-electron chi connectivity index (χ0n) is 10.8. The number of rotatable bonds is 2. The van der Waals surface area contributed by atoms with Gasteiger partial charge in [0.1, 0.15) is 11.4 Å². The Morgan fingerprint density at radius 3 is 2.44 bits per heavy atom. The number of aromatic carboxylic acids is 1. The van der Waals surface area contributed by atoms with Crippen LogP contribution in [0.5, 0.6) is 0 Å². The van der Waals surface area contributed by atoms with Crippen molar-refractivity contribution in [2.75, 3.05) is 11.9 Å². The minimum Gasteiger partial charge on any atom is -0.543 e. The molecule has 98 valence electrons. The normalized spacial score (nSPS) is 10.9. The second-order valence-corrected chi connectivity index (χ2v) is 4.71. The summed E-state index contributed by atoms with van der Waals surface area (Å²) >= 11 is 0. The number of nitrogens with zero attached hydrogens (tertiary/aromatic N) is 2. The summed E-state index contributed by atoms with van der Waals surface area (Å²) in [7, 11) is 1.45. The Morgan fingerprint density at radius 2 is 1.94 bits per heavy atom. The molecule has 0 aliphatic rings. The maximum atomic E-state index is 11.7. The first-order valence-corrected chi connectivity index (χ1v) is 5.36. The fourth-order valence-corrected chi connectivity index (χ4v) is 1.15. The van der Waals surface area contributed by atoms with Crippen molar-refractivity contribution in [2.24, 2.45) is 0 Å². The van der Waals surface area contributed by atoms with Gasteiger partial charge in [-0.1, -0.05) is 6.07 Å². The van der Waals surface area contributed by atoms with Crippen LogP contribution in [0.3, 0.4) is 0 Å². The molecule has 1 aromatic rings. The van der Waals surface area contributed by atoms with E-state index in [0.717, 1.165) is 4.90 Å². The third kappa shape index (κ3) is 3.73. The number of ether oxygens (including phenoxy) is 1. The fraction of sp³-hybridized carbons (Fsp3) is 0.417. The van der Waals surface area contributed by atoms with Crippen molar-refractivity contribution < 1.29 is 19.4 Å². The van der Waals surface area contributed by atoms with Gasteiger partial charge in [0.05, 0.1) is 11.7 Å². The van der Waals surface area contributed by atoms with Crippen LogP contribution in [0.15, 0.2) is 18.2 Å². The summed E-state index contributed by atoms with van der Waals surface area (Å²) in [6, 6.07) is 4.28. The molecule has 6 heteroatoms. The maximum absolute atomic E-state index is 11.7. The number of carbonyl (C=O) groups is 2. The molecule has 0 aliphatic heterocycles. The van der Waals surface area contributed by atoms with E-state index in [4.69, 9.17) is 4.74 Å². The quantitative estimate of drug-likeness (QED) is 0.777. The van der Waals surface area contributed by atoms with Crippen molar-refractivity contribution in [3.8, 4) is 0 Å². The van der Waals surface area contributed by atoms with Gasteiger partial charge < -0.3 is 14.6 Å². The van der Waals surface area contributed by atoms with E-state index in [-0.39, 0.29) is 11.5 Å². The lowest BCUT2D eigenvalue weighted by Crippen LogP contribution is -2.35. The molecule has 0 spiro atoms. The summed E-state index contributed by atoms with van der Waals surface area (Å²) in [4.78, 5) is 27.3. The molecule has 18 heavy (non-hydrogen) atoms. The van der Waals surface area contributed by atoms with E-state index >= 15 is 0 Å². The van der Waals surface area contributed by atoms with Crippen LogP contribution in [0.4, 0.5) is 10.6 Å². The Morgan fingerprint density at radius 1 is 1.33 bits per heavy atom. The molecule has 1 amide bonds. The second kappa shape index (κ2) is 5.03. The Labute approximate surface area is 105 Å². The molecular weight excluding hydrogens is 236 g/mol. The van der Waals surface area contributed by atoms with E-state index in [9.17, 15) is 14.7 Å². The number of carboxylic acid groups (broad SMARTS) is 1. The second-order valence-electron chi connectivity index (χ2n) is 4.71. The van der Waals surface area contributed by atoms with E-state index in [1.165, 1.54) is 25.2 Å². The molecule has 0 unspecified atom stereocenters. The van der Waals surface area contributed by atoms with E-state index < -0.39 is 17.7 Å². The predicted octanol–water partition coefficient (Wildman–Crippen LogP) is 0.816. The van der Waals surface area contributed by atoms with E-state index in [0.29, 0.717) is 0 Å². The van der Waals surface area contributed by atoms with Gasteiger partial charge in [0.2, 0.25) is 0 Å². The van der Waals surface area contributed by atoms with Crippen LogP contribution >= 0.6 is 0 Å². The van der Waals surface area contributed by atoms with Gasteiger partial charge in [0.25, 0.3) is 0 Å². The number of pyridine rings is 1. The Balaban J connectivity index is 2.90. The van der Waals surface area contributed by atoms with Gasteiger partial charge in [-0.05, 0) is 32.9 Å². The molecule has 0 atom stereocenters. The lowest BCUT2D eigenvalue weighted by atomic mass is 10.2. The first kappa shape index (κ1) is 14.0. The van der Waals surface area contributed by atoms with Gasteiger partial charge in [-0.2, -0.15) is 0 Å². The average Bonchev–Trinajstić information content (AvgIpc) is 2.26. The summed E-state index contributed by atoms with van der Waals surface area (Å²) in [6.07, 6.45) is -0.606. The molecular formula is C12H15N2O4-. The lowest BCUT2D eigenvalue weighted by Gasteiger charge is -2.24. The number of hydrogen-bond acceptors (Lipinski definition) is 5. The summed E-state index contributed by atoms with van der Waals surface area (Å²) in [5.41, 5.74) is -0.861. The number of anilines is 1. The molecule has 0 N–H and O–H groups in total. The van der Waals surface area contributed by atoms with Crippen molar-refractivity contribution in [1.29, 1.82) is 0 Å². The minimum absolute atomic E-state index is 0.186. The molecule has 1 aromatic heterocycles. The molecule has 6 nitrogen and oxygen atoms in total. The zero-order valence-corrected chi connectivity index (χ0v) is 10.8. The molecule has 0 aliphatic carbocycles. The summed E-state index contributed by atoms with van der Waals surface area (Å²) in [6.45, 7) is 5.22. The minimum atomic E-state index is -1.39. The highest BCUT2D eigenvalue weighted by atomic mass is 16.6. The molecule has 1 heterocycles. The van der Waals surface area contributed by atoms with Crippen LogP contribution in [-0.4, -0.2) is 29.7 Å². The van der Waals surface area contributed by atoms with Crippen LogP contribution < -0.4 is 10.0 Å². The van der Waals surface area contributed by atoms with Gasteiger partial charge in [0, 0.05) is 7.05 Å². The van der Waals surface area contributed by atoms with Crippen LogP contribution in [-0.2, 0) is 4.74 Å². The van der Waals surface area contributed by atoms with Crippen LogP contribution in [0.2, 0.25) is 0 Å². The summed E-state index contributed by atoms with van der Waals surface area (Å²) in [5.74, 6) is -1.21. The molecule has 0 fully saturated rings. The monoisotopic (exact) mass is 251 g/mol. The molecule has 0 bridgehead atoms. The van der Waals surface area contributed by atoms with Gasteiger partial charge >= 0.3 is 6.09 Å². The number of amides is 1. The summed E-state index contributed by atoms with van der Waals surface area (Å²) in [5, 5.41) is 10.7. The first-order valence-electron chi connectivity index (χ1n) is 5.36. The standard InChI is InChI=1S/C12H16N2O4/c1-12(2,3)18-11(17)14(4)9-7-5-6-8(13-9)10(15)16/h5-7H,1-4H3,(H,15,16)/p-1. The largest absolute Gasteiger partial charge is 0.543 e. The third-order valence-corrected chi connectivity index (χ3v) is 1.95. The molecule has 0 saturated carbocycles. The number of hydrogen-bond donors (Lipinski definition) is 0. The lowest BCUT2D eigenvalue weighted by molar-refractivity contribution is -0.255. The molecule has 0 radical (unpaired) electrons. The summed E-state index contributed by atoms with van der Waals surface area (Å²) < 4.78 is 5.14. The van der Waals surface area contributed by atoms with Gasteiger partial charge in [0.15, 0.2) is 0 Å². The number of carbonyl (C=O) groups excluding carboxylic acids is 2. The van der Waals surface area contributed by atoms with E-state index in [1.807, 2.05) is 0 Å². The average molecular weight is 251 g/mol. The van der Waals surface area contributed by atoms with Crippen molar-refractivity contribution >= 4 is 17.9 Å². The fourth-order valence-electron chi connectivity index (χ4n) is 1.15. The predicted molar refractivity (Wildman–Crippen MR) is 63.2 cm³/mol. The van der Waals surface area contributed by atoms with E-state index in [2.05, 4.69) is 4.98 Å². The highest BCUT2D eigenvalue weighted by Gasteiger charge is 2.21. The van der Waals surface area contributed by atoms with Crippen molar-refractivity contribution in [1.82, 2.24) is 4.98 Å². The van der Waals surface area contributed by atoms with Crippen molar-refractivity contribution in [3.05, 3.63) is 23.9 Å². The number of aromatic nitrogens is 1. The zero-order chi connectivity index (χ0) is 13.9. The molecule has 0 saturated heterocycles. The Hall–Kier alpha value is -2.11. The Bertz CT molecular complexity index is 465. The molecule has 0 aromatic carbocycles. The maximum Gasteiger partial charge on any atom is 0.415 e. The van der Waals surface area contributed by atoms with Gasteiger partial charge in [-0.15, -0.1) is 0 Å². The highest BCUT2D eigenvalue weighted by Crippen LogP contribution is 2.14. The topological polar surface area (TPSA) is 82.6 Å². The highest BCUT2D eigenvalue weighted by molar-refractivity contribution is 5.88. The first-order chi connectivity index (χ1) is 8.20. The smallest absolute Gasteiger partial charge is 0.415 e. The third-order valence-electron chi connectivity index (χ3n) is 1.95. The SMILES string of the molecule is CN(C(=O)OC(C)(C)C)c1cccc(C(=O)[O-])n1. The number of carboxylic acids is 1. The van der Waals surface area contributed by atoms with Crippen LogP contribution in [0, 0.1) is 0 Å². The van der Waals surface area contributed by atoms with Crippen LogP contribution in [0.1, 0.15) is 31.3 Å². The van der Waals surface area contributed by atoms with Crippen LogP contribution in [0.25, 0.3) is 0 Å². The Kier molecular flexibility index (Phi) is 3.90. The van der Waals surface area contributed by atoms with Crippen molar-refractivity contribution in [3.63, 3.8) is 0 Å². The molecule has 1 rings (SSSR count). The van der Waals surface area contributed by atoms with Gasteiger partial charge in [-0.25, -0.2) is 9.78 Å².